The van der Waals surface area contributed by atoms with Crippen molar-refractivity contribution in [3.63, 3.8) is 0 Å². The van der Waals surface area contributed by atoms with Crippen molar-refractivity contribution < 1.29 is 14.3 Å². The fourth-order valence-corrected chi connectivity index (χ4v) is 3.47. The van der Waals surface area contributed by atoms with Crippen LogP contribution in [0.1, 0.15) is 5.56 Å². The van der Waals surface area contributed by atoms with E-state index >= 15 is 0 Å². The first kappa shape index (κ1) is 19.5. The fourth-order valence-electron chi connectivity index (χ4n) is 2.25. The Morgan fingerprint density at radius 1 is 1.15 bits per heavy atom. The Hall–Kier alpha value is -2.22. The number of anilines is 1. The van der Waals surface area contributed by atoms with Gasteiger partial charge in [0.05, 0.1) is 12.1 Å². The zero-order chi connectivity index (χ0) is 19.2. The predicted molar refractivity (Wildman–Crippen MR) is 110 cm³/mol. The van der Waals surface area contributed by atoms with E-state index in [0.29, 0.717) is 15.8 Å². The molecule has 3 aromatic rings. The number of benzene rings is 2. The zero-order valence-electron chi connectivity index (χ0n) is 13.9. The standard InChI is InChI=1S/C19H14BrClN2O3S/c20-13-7-5-12(6-8-13)9-18(25)26-10-17(24)23-19-22-16(11-27-19)14-3-1-2-4-15(14)21/h1-8,11H,9-10H2,(H,22,23,24). The van der Waals surface area contributed by atoms with Gasteiger partial charge in [0.2, 0.25) is 0 Å². The normalized spacial score (nSPS) is 10.4. The fraction of sp³-hybridized carbons (Fsp3) is 0.105. The molecule has 1 amide bonds. The first-order valence-electron chi connectivity index (χ1n) is 7.91. The summed E-state index contributed by atoms with van der Waals surface area (Å²) in [6.07, 6.45) is 0.106. The topological polar surface area (TPSA) is 68.3 Å². The third-order valence-corrected chi connectivity index (χ3v) is 5.14. The van der Waals surface area contributed by atoms with E-state index in [1.54, 1.807) is 11.4 Å². The van der Waals surface area contributed by atoms with Crippen molar-refractivity contribution in [2.75, 3.05) is 11.9 Å². The van der Waals surface area contributed by atoms with Crippen LogP contribution in [-0.4, -0.2) is 23.5 Å². The molecule has 0 aliphatic heterocycles. The van der Waals surface area contributed by atoms with E-state index in [9.17, 15) is 9.59 Å². The van der Waals surface area contributed by atoms with Crippen LogP contribution in [0, 0.1) is 0 Å². The molecular weight excluding hydrogens is 452 g/mol. The van der Waals surface area contributed by atoms with Crippen LogP contribution in [0.2, 0.25) is 5.02 Å². The minimum absolute atomic E-state index is 0.106. The van der Waals surface area contributed by atoms with E-state index in [1.807, 2.05) is 42.5 Å². The number of aromatic nitrogens is 1. The molecule has 138 valence electrons. The number of rotatable bonds is 6. The van der Waals surface area contributed by atoms with Gasteiger partial charge >= 0.3 is 5.97 Å². The molecule has 8 heteroatoms. The van der Waals surface area contributed by atoms with Gasteiger partial charge in [-0.25, -0.2) is 4.98 Å². The number of hydrogen-bond acceptors (Lipinski definition) is 5. The zero-order valence-corrected chi connectivity index (χ0v) is 17.1. The maximum atomic E-state index is 12.0. The van der Waals surface area contributed by atoms with Crippen molar-refractivity contribution in [3.8, 4) is 11.3 Å². The summed E-state index contributed by atoms with van der Waals surface area (Å²) in [5.41, 5.74) is 2.28. The van der Waals surface area contributed by atoms with Gasteiger partial charge in [0.1, 0.15) is 0 Å². The molecule has 0 bridgehead atoms. The summed E-state index contributed by atoms with van der Waals surface area (Å²) in [6.45, 7) is -0.365. The Balaban J connectivity index is 1.50. The molecular formula is C19H14BrClN2O3S. The molecule has 2 aromatic carbocycles. The average molecular weight is 466 g/mol. The Kier molecular flexibility index (Phi) is 6.60. The minimum Gasteiger partial charge on any atom is -0.455 e. The molecule has 1 heterocycles. The number of carbonyl (C=O) groups excluding carboxylic acids is 2. The third-order valence-electron chi connectivity index (χ3n) is 3.53. The summed E-state index contributed by atoms with van der Waals surface area (Å²) in [5, 5.41) is 5.42. The molecule has 27 heavy (non-hydrogen) atoms. The summed E-state index contributed by atoms with van der Waals surface area (Å²) in [5.74, 6) is -0.914. The number of thiazole rings is 1. The molecule has 0 aliphatic carbocycles. The highest BCUT2D eigenvalue weighted by Crippen LogP contribution is 2.30. The number of ether oxygens (including phenoxy) is 1. The van der Waals surface area contributed by atoms with Crippen molar-refractivity contribution in [2.45, 2.75) is 6.42 Å². The Bertz CT molecular complexity index is 960. The van der Waals surface area contributed by atoms with Gasteiger partial charge in [-0.1, -0.05) is 57.9 Å². The molecule has 0 radical (unpaired) electrons. The summed E-state index contributed by atoms with van der Waals surface area (Å²) >= 11 is 10.8. The SMILES string of the molecule is O=C(COC(=O)Cc1ccc(Br)cc1)Nc1nc(-c2ccccc2Cl)cs1. The first-order valence-corrected chi connectivity index (χ1v) is 9.96. The van der Waals surface area contributed by atoms with Crippen molar-refractivity contribution in [2.24, 2.45) is 0 Å². The predicted octanol–water partition coefficient (Wildman–Crippen LogP) is 4.95. The molecule has 0 atom stereocenters. The summed E-state index contributed by atoms with van der Waals surface area (Å²) in [4.78, 5) is 28.2. The lowest BCUT2D eigenvalue weighted by Crippen LogP contribution is -2.21. The van der Waals surface area contributed by atoms with Crippen molar-refractivity contribution in [1.29, 1.82) is 0 Å². The number of hydrogen-bond donors (Lipinski definition) is 1. The molecule has 3 rings (SSSR count). The van der Waals surface area contributed by atoms with E-state index < -0.39 is 11.9 Å². The average Bonchev–Trinajstić information content (AvgIpc) is 3.10. The van der Waals surface area contributed by atoms with Gasteiger partial charge in [-0.2, -0.15) is 0 Å². The minimum atomic E-state index is -0.469. The number of carbonyl (C=O) groups is 2. The van der Waals surface area contributed by atoms with Crippen LogP contribution in [0.15, 0.2) is 58.4 Å². The van der Waals surface area contributed by atoms with Crippen molar-refractivity contribution >= 4 is 55.9 Å². The van der Waals surface area contributed by atoms with E-state index in [4.69, 9.17) is 16.3 Å². The monoisotopic (exact) mass is 464 g/mol. The molecule has 5 nitrogen and oxygen atoms in total. The first-order chi connectivity index (χ1) is 13.0. The van der Waals surface area contributed by atoms with Gasteiger partial charge < -0.3 is 4.74 Å². The highest BCUT2D eigenvalue weighted by Gasteiger charge is 2.12. The van der Waals surface area contributed by atoms with E-state index in [2.05, 4.69) is 26.2 Å². The van der Waals surface area contributed by atoms with Crippen LogP contribution in [0.25, 0.3) is 11.3 Å². The number of nitrogens with zero attached hydrogens (tertiary/aromatic N) is 1. The van der Waals surface area contributed by atoms with Gasteiger partial charge in [-0.3, -0.25) is 14.9 Å². The summed E-state index contributed by atoms with van der Waals surface area (Å²) < 4.78 is 5.94. The quantitative estimate of drug-likeness (QED) is 0.523. The Morgan fingerprint density at radius 2 is 1.89 bits per heavy atom. The van der Waals surface area contributed by atoms with Crippen LogP contribution < -0.4 is 5.32 Å². The third kappa shape index (κ3) is 5.63. The van der Waals surface area contributed by atoms with Gasteiger partial charge in [-0.15, -0.1) is 11.3 Å². The smallest absolute Gasteiger partial charge is 0.310 e. The molecule has 1 N–H and O–H groups in total. The van der Waals surface area contributed by atoms with Crippen LogP contribution >= 0.6 is 38.9 Å². The molecule has 0 saturated carbocycles. The maximum Gasteiger partial charge on any atom is 0.310 e. The number of halogens is 2. The molecule has 1 aromatic heterocycles. The molecule has 0 unspecified atom stereocenters. The van der Waals surface area contributed by atoms with Crippen LogP contribution in [-0.2, 0) is 20.7 Å². The van der Waals surface area contributed by atoms with Crippen LogP contribution in [0.3, 0.4) is 0 Å². The number of nitrogens with one attached hydrogen (secondary N) is 1. The molecule has 0 saturated heterocycles. The van der Waals surface area contributed by atoms with E-state index in [1.165, 1.54) is 11.3 Å². The lowest BCUT2D eigenvalue weighted by atomic mass is 10.2. The number of esters is 1. The van der Waals surface area contributed by atoms with Gasteiger partial charge in [0, 0.05) is 20.4 Å². The largest absolute Gasteiger partial charge is 0.455 e. The highest BCUT2D eigenvalue weighted by molar-refractivity contribution is 9.10. The molecule has 0 aliphatic rings. The second-order valence-electron chi connectivity index (χ2n) is 5.53. The lowest BCUT2D eigenvalue weighted by Gasteiger charge is -2.05. The maximum absolute atomic E-state index is 12.0. The van der Waals surface area contributed by atoms with E-state index in [0.717, 1.165) is 15.6 Å². The van der Waals surface area contributed by atoms with Crippen LogP contribution in [0.4, 0.5) is 5.13 Å². The molecule has 0 fully saturated rings. The summed E-state index contributed by atoms with van der Waals surface area (Å²) in [7, 11) is 0. The Morgan fingerprint density at radius 3 is 2.63 bits per heavy atom. The van der Waals surface area contributed by atoms with Gasteiger partial charge in [0.15, 0.2) is 11.7 Å². The summed E-state index contributed by atoms with van der Waals surface area (Å²) in [6, 6.07) is 14.6. The van der Waals surface area contributed by atoms with E-state index in [-0.39, 0.29) is 13.0 Å². The van der Waals surface area contributed by atoms with Crippen molar-refractivity contribution in [3.05, 3.63) is 69.0 Å². The molecule has 0 spiro atoms. The lowest BCUT2D eigenvalue weighted by molar-refractivity contribution is -0.146. The number of amides is 1. The van der Waals surface area contributed by atoms with Crippen molar-refractivity contribution in [1.82, 2.24) is 4.98 Å². The second-order valence-corrected chi connectivity index (χ2v) is 7.71. The second kappa shape index (κ2) is 9.12. The van der Waals surface area contributed by atoms with Crippen LogP contribution in [0.5, 0.6) is 0 Å². The van der Waals surface area contributed by atoms with Gasteiger partial charge in [-0.05, 0) is 23.8 Å². The van der Waals surface area contributed by atoms with Gasteiger partial charge in [0.25, 0.3) is 5.91 Å². The Labute approximate surface area is 173 Å². The highest BCUT2D eigenvalue weighted by atomic mass is 79.9.